The van der Waals surface area contributed by atoms with Crippen LogP contribution in [0.15, 0.2) is 41.6 Å². The first kappa shape index (κ1) is 20.3. The minimum atomic E-state index is -3.70. The number of hydrogen-bond acceptors (Lipinski definition) is 7. The highest BCUT2D eigenvalue weighted by Gasteiger charge is 2.31. The molecule has 9 nitrogen and oxygen atoms in total. The van der Waals surface area contributed by atoms with E-state index in [0.717, 1.165) is 0 Å². The highest BCUT2D eigenvalue weighted by Crippen LogP contribution is 2.24. The van der Waals surface area contributed by atoms with Gasteiger partial charge >= 0.3 is 6.01 Å². The molecule has 0 spiro atoms. The molecular weight excluding hydrogens is 408 g/mol. The van der Waals surface area contributed by atoms with Crippen molar-refractivity contribution in [3.05, 3.63) is 41.7 Å². The van der Waals surface area contributed by atoms with E-state index >= 15 is 0 Å². The zero-order valence-electron chi connectivity index (χ0n) is 14.8. The SMILES string of the molecule is NC(=O)COc1ccc(S(=O)(=O)N2CCCC(Oc3ncc(Cl)cn3)C2)cc1. The van der Waals surface area contributed by atoms with Crippen molar-refractivity contribution in [2.24, 2.45) is 5.73 Å². The van der Waals surface area contributed by atoms with Crippen LogP contribution < -0.4 is 15.2 Å². The van der Waals surface area contributed by atoms with Crippen LogP contribution in [0.25, 0.3) is 0 Å². The summed E-state index contributed by atoms with van der Waals surface area (Å²) in [6.45, 7) is 0.307. The van der Waals surface area contributed by atoms with Crippen LogP contribution in [0.1, 0.15) is 12.8 Å². The van der Waals surface area contributed by atoms with Crippen LogP contribution in [0, 0.1) is 0 Å². The lowest BCUT2D eigenvalue weighted by molar-refractivity contribution is -0.119. The van der Waals surface area contributed by atoms with Gasteiger partial charge in [0, 0.05) is 6.54 Å². The molecule has 11 heteroatoms. The molecule has 1 fully saturated rings. The van der Waals surface area contributed by atoms with E-state index in [2.05, 4.69) is 9.97 Å². The maximum absolute atomic E-state index is 12.9. The Bertz CT molecular complexity index is 922. The van der Waals surface area contributed by atoms with Crippen LogP contribution >= 0.6 is 11.6 Å². The number of piperidine rings is 1. The monoisotopic (exact) mass is 426 g/mol. The van der Waals surface area contributed by atoms with Gasteiger partial charge in [0.05, 0.1) is 28.9 Å². The number of sulfonamides is 1. The fourth-order valence-corrected chi connectivity index (χ4v) is 4.35. The Morgan fingerprint density at radius 3 is 2.57 bits per heavy atom. The fraction of sp³-hybridized carbons (Fsp3) is 0.353. The number of aromatic nitrogens is 2. The number of carbonyl (C=O) groups is 1. The lowest BCUT2D eigenvalue weighted by Gasteiger charge is -2.31. The standard InChI is InChI=1S/C17H19ClN4O5S/c18-12-8-20-17(21-9-12)27-14-2-1-7-22(10-14)28(24,25)15-5-3-13(4-6-15)26-11-16(19)23/h3-6,8-9,14H,1-2,7,10-11H2,(H2,19,23). The van der Waals surface area contributed by atoms with Crippen molar-refractivity contribution < 1.29 is 22.7 Å². The first-order chi connectivity index (χ1) is 13.3. The average Bonchev–Trinajstić information content (AvgIpc) is 2.69. The van der Waals surface area contributed by atoms with Crippen molar-refractivity contribution in [2.75, 3.05) is 19.7 Å². The van der Waals surface area contributed by atoms with E-state index in [0.29, 0.717) is 30.2 Å². The second kappa shape index (κ2) is 8.72. The van der Waals surface area contributed by atoms with E-state index in [1.807, 2.05) is 0 Å². The maximum Gasteiger partial charge on any atom is 0.316 e. The largest absolute Gasteiger partial charge is 0.484 e. The molecule has 1 unspecified atom stereocenters. The van der Waals surface area contributed by atoms with Crippen LogP contribution in [-0.4, -0.2) is 54.4 Å². The Morgan fingerprint density at radius 1 is 1.25 bits per heavy atom. The fourth-order valence-electron chi connectivity index (χ4n) is 2.74. The molecule has 1 aliphatic rings. The number of benzene rings is 1. The highest BCUT2D eigenvalue weighted by molar-refractivity contribution is 7.89. The Labute approximate surface area is 167 Å². The van der Waals surface area contributed by atoms with E-state index in [1.165, 1.54) is 41.0 Å². The molecule has 3 rings (SSSR count). The van der Waals surface area contributed by atoms with E-state index in [4.69, 9.17) is 26.8 Å². The Hall–Kier alpha value is -2.43. The summed E-state index contributed by atoms with van der Waals surface area (Å²) >= 11 is 5.75. The van der Waals surface area contributed by atoms with Crippen molar-refractivity contribution in [1.82, 2.24) is 14.3 Å². The predicted molar refractivity (Wildman–Crippen MR) is 101 cm³/mol. The average molecular weight is 427 g/mol. The van der Waals surface area contributed by atoms with E-state index < -0.39 is 15.9 Å². The van der Waals surface area contributed by atoms with Crippen molar-refractivity contribution in [3.8, 4) is 11.8 Å². The van der Waals surface area contributed by atoms with Crippen molar-refractivity contribution in [1.29, 1.82) is 0 Å². The molecule has 0 aliphatic carbocycles. The molecule has 150 valence electrons. The second-order valence-corrected chi connectivity index (χ2v) is 8.53. The molecule has 1 amide bonds. The number of amides is 1. The zero-order chi connectivity index (χ0) is 20.1. The molecule has 2 heterocycles. The number of nitrogens with zero attached hydrogens (tertiary/aromatic N) is 3. The van der Waals surface area contributed by atoms with Crippen molar-refractivity contribution in [2.45, 2.75) is 23.8 Å². The first-order valence-corrected chi connectivity index (χ1v) is 10.3. The highest BCUT2D eigenvalue weighted by atomic mass is 35.5. The third kappa shape index (κ3) is 5.09. The predicted octanol–water partition coefficient (Wildman–Crippen LogP) is 1.23. The zero-order valence-corrected chi connectivity index (χ0v) is 16.4. The minimum Gasteiger partial charge on any atom is -0.484 e. The van der Waals surface area contributed by atoms with Gasteiger partial charge in [0.25, 0.3) is 5.91 Å². The van der Waals surface area contributed by atoms with Crippen LogP contribution in [0.2, 0.25) is 5.02 Å². The van der Waals surface area contributed by atoms with Gasteiger partial charge in [-0.1, -0.05) is 11.6 Å². The van der Waals surface area contributed by atoms with Crippen molar-refractivity contribution >= 4 is 27.5 Å². The molecular formula is C17H19ClN4O5S. The molecule has 0 radical (unpaired) electrons. The normalized spacial score (nSPS) is 17.8. The summed E-state index contributed by atoms with van der Waals surface area (Å²) in [6, 6.07) is 5.98. The molecule has 2 aromatic rings. The number of halogens is 1. The summed E-state index contributed by atoms with van der Waals surface area (Å²) < 4.78 is 38.0. The minimum absolute atomic E-state index is 0.127. The van der Waals surface area contributed by atoms with Crippen LogP contribution in [-0.2, 0) is 14.8 Å². The Morgan fingerprint density at radius 2 is 1.93 bits per heavy atom. The summed E-state index contributed by atoms with van der Waals surface area (Å²) in [7, 11) is -3.70. The number of rotatable bonds is 7. The van der Waals surface area contributed by atoms with Gasteiger partial charge in [-0.3, -0.25) is 4.79 Å². The second-order valence-electron chi connectivity index (χ2n) is 6.16. The van der Waals surface area contributed by atoms with Crippen LogP contribution in [0.4, 0.5) is 0 Å². The first-order valence-electron chi connectivity index (χ1n) is 8.50. The van der Waals surface area contributed by atoms with Crippen LogP contribution in [0.3, 0.4) is 0 Å². The topological polar surface area (TPSA) is 125 Å². The number of ether oxygens (including phenoxy) is 2. The molecule has 1 aliphatic heterocycles. The number of hydrogen-bond donors (Lipinski definition) is 1. The van der Waals surface area contributed by atoms with Crippen LogP contribution in [0.5, 0.6) is 11.8 Å². The Kier molecular flexibility index (Phi) is 6.32. The van der Waals surface area contributed by atoms with Gasteiger partial charge in [-0.15, -0.1) is 0 Å². The lowest BCUT2D eigenvalue weighted by atomic mass is 10.1. The molecule has 1 aromatic carbocycles. The summed E-state index contributed by atoms with van der Waals surface area (Å²) in [4.78, 5) is 18.8. The third-order valence-electron chi connectivity index (χ3n) is 4.05. The van der Waals surface area contributed by atoms with Gasteiger partial charge in [0.1, 0.15) is 11.9 Å². The molecule has 28 heavy (non-hydrogen) atoms. The van der Waals surface area contributed by atoms with Crippen molar-refractivity contribution in [3.63, 3.8) is 0 Å². The third-order valence-corrected chi connectivity index (χ3v) is 6.13. The Balaban J connectivity index is 1.67. The molecule has 0 saturated carbocycles. The van der Waals surface area contributed by atoms with Gasteiger partial charge < -0.3 is 15.2 Å². The number of carbonyl (C=O) groups excluding carboxylic acids is 1. The summed E-state index contributed by atoms with van der Waals surface area (Å²) in [5.74, 6) is -0.252. The molecule has 2 N–H and O–H groups in total. The van der Waals surface area contributed by atoms with Gasteiger partial charge in [-0.05, 0) is 37.1 Å². The summed E-state index contributed by atoms with van der Waals surface area (Å²) in [5, 5.41) is 0.392. The smallest absolute Gasteiger partial charge is 0.316 e. The quantitative estimate of drug-likeness (QED) is 0.705. The molecule has 1 saturated heterocycles. The number of primary amides is 1. The van der Waals surface area contributed by atoms with E-state index in [9.17, 15) is 13.2 Å². The van der Waals surface area contributed by atoms with E-state index in [1.54, 1.807) is 0 Å². The van der Waals surface area contributed by atoms with Gasteiger partial charge in [-0.2, -0.15) is 4.31 Å². The van der Waals surface area contributed by atoms with E-state index in [-0.39, 0.29) is 30.2 Å². The number of nitrogens with two attached hydrogens (primary N) is 1. The maximum atomic E-state index is 12.9. The summed E-state index contributed by atoms with van der Waals surface area (Å²) in [5.41, 5.74) is 5.02. The molecule has 1 aromatic heterocycles. The summed E-state index contributed by atoms with van der Waals surface area (Å²) in [6.07, 6.45) is 3.82. The van der Waals surface area contributed by atoms with Gasteiger partial charge in [-0.25, -0.2) is 18.4 Å². The molecule has 1 atom stereocenters. The van der Waals surface area contributed by atoms with Gasteiger partial charge in [0.15, 0.2) is 6.61 Å². The van der Waals surface area contributed by atoms with Gasteiger partial charge in [0.2, 0.25) is 10.0 Å². The molecule has 0 bridgehead atoms. The lowest BCUT2D eigenvalue weighted by Crippen LogP contribution is -2.44.